The molecule has 0 fully saturated rings. The summed E-state index contributed by atoms with van der Waals surface area (Å²) in [6, 6.07) is 5.71. The molecule has 0 unspecified atom stereocenters. The molecule has 19 heavy (non-hydrogen) atoms. The predicted octanol–water partition coefficient (Wildman–Crippen LogP) is 3.71. The lowest BCUT2D eigenvalue weighted by atomic mass is 10.2. The average molecular weight is 298 g/mol. The van der Waals surface area contributed by atoms with Crippen LogP contribution >= 0.6 is 22.9 Å². The highest BCUT2D eigenvalue weighted by Gasteiger charge is 2.12. The number of thiophene rings is 1. The zero-order chi connectivity index (χ0) is 13.7. The Morgan fingerprint density at radius 1 is 1.37 bits per heavy atom. The molecular formula is C14H16ClNO2S. The smallest absolute Gasteiger partial charge is 0.166 e. The van der Waals surface area contributed by atoms with Gasteiger partial charge in [-0.25, -0.2) is 0 Å². The lowest BCUT2D eigenvalue weighted by molar-refractivity contribution is 0.281. The Bertz CT molecular complexity index is 528. The van der Waals surface area contributed by atoms with Crippen molar-refractivity contribution in [2.24, 2.45) is 0 Å². The third kappa shape index (κ3) is 3.62. The molecule has 1 aromatic carbocycles. The standard InChI is InChI=1S/C14H16ClNO2S/c1-16-7-11-5-12(15)6-13(17-2)14(11)18-8-10-3-4-19-9-10/h3-6,9,16H,7-8H2,1-2H3. The van der Waals surface area contributed by atoms with Crippen molar-refractivity contribution in [3.05, 3.63) is 45.1 Å². The zero-order valence-electron chi connectivity index (χ0n) is 10.9. The molecule has 2 rings (SSSR count). The van der Waals surface area contributed by atoms with Crippen LogP contribution < -0.4 is 14.8 Å². The highest BCUT2D eigenvalue weighted by Crippen LogP contribution is 2.35. The molecule has 1 N–H and O–H groups in total. The first-order chi connectivity index (χ1) is 9.24. The number of hydrogen-bond acceptors (Lipinski definition) is 4. The summed E-state index contributed by atoms with van der Waals surface area (Å²) in [7, 11) is 3.50. The van der Waals surface area contributed by atoms with Crippen LogP contribution in [-0.2, 0) is 13.2 Å². The first-order valence-corrected chi connectivity index (χ1v) is 7.21. The van der Waals surface area contributed by atoms with E-state index in [0.717, 1.165) is 16.9 Å². The summed E-state index contributed by atoms with van der Waals surface area (Å²) < 4.78 is 11.2. The van der Waals surface area contributed by atoms with Gasteiger partial charge in [0.15, 0.2) is 11.5 Å². The summed E-state index contributed by atoms with van der Waals surface area (Å²) in [5.74, 6) is 1.40. The minimum absolute atomic E-state index is 0.526. The monoisotopic (exact) mass is 297 g/mol. The largest absolute Gasteiger partial charge is 0.493 e. The Balaban J connectivity index is 2.24. The van der Waals surface area contributed by atoms with Gasteiger partial charge in [-0.05, 0) is 35.5 Å². The Hall–Kier alpha value is -1.23. The Morgan fingerprint density at radius 2 is 2.21 bits per heavy atom. The summed E-state index contributed by atoms with van der Waals surface area (Å²) in [6.07, 6.45) is 0. The van der Waals surface area contributed by atoms with Crippen LogP contribution in [0, 0.1) is 0 Å². The van der Waals surface area contributed by atoms with E-state index >= 15 is 0 Å². The fourth-order valence-corrected chi connectivity index (χ4v) is 2.67. The van der Waals surface area contributed by atoms with E-state index in [1.807, 2.05) is 24.6 Å². The van der Waals surface area contributed by atoms with Crippen LogP contribution in [-0.4, -0.2) is 14.2 Å². The molecule has 2 aromatic rings. The van der Waals surface area contributed by atoms with Crippen molar-refractivity contribution in [3.8, 4) is 11.5 Å². The molecule has 0 atom stereocenters. The van der Waals surface area contributed by atoms with Gasteiger partial charge >= 0.3 is 0 Å². The SMILES string of the molecule is CNCc1cc(Cl)cc(OC)c1OCc1ccsc1. The molecule has 1 aromatic heterocycles. The summed E-state index contributed by atoms with van der Waals surface area (Å²) in [5.41, 5.74) is 2.14. The summed E-state index contributed by atoms with van der Waals surface area (Å²) in [4.78, 5) is 0. The first kappa shape index (κ1) is 14.2. The Labute approximate surface area is 122 Å². The molecule has 1 heterocycles. The van der Waals surface area contributed by atoms with Gasteiger partial charge in [-0.1, -0.05) is 11.6 Å². The number of hydrogen-bond donors (Lipinski definition) is 1. The van der Waals surface area contributed by atoms with Crippen molar-refractivity contribution < 1.29 is 9.47 Å². The molecule has 0 bridgehead atoms. The first-order valence-electron chi connectivity index (χ1n) is 5.89. The van der Waals surface area contributed by atoms with Gasteiger partial charge in [0.2, 0.25) is 0 Å². The number of nitrogens with one attached hydrogen (secondary N) is 1. The summed E-state index contributed by atoms with van der Waals surface area (Å²) >= 11 is 7.73. The molecule has 5 heteroatoms. The van der Waals surface area contributed by atoms with Crippen LogP contribution in [0.3, 0.4) is 0 Å². The van der Waals surface area contributed by atoms with Crippen molar-refractivity contribution in [2.45, 2.75) is 13.2 Å². The second-order valence-corrected chi connectivity index (χ2v) is 5.26. The van der Waals surface area contributed by atoms with Gasteiger partial charge in [0.25, 0.3) is 0 Å². The molecule has 0 aliphatic heterocycles. The third-order valence-corrected chi connectivity index (χ3v) is 3.60. The molecule has 3 nitrogen and oxygen atoms in total. The molecule has 102 valence electrons. The van der Waals surface area contributed by atoms with Crippen molar-refractivity contribution in [1.82, 2.24) is 5.32 Å². The Kier molecular flexibility index (Phi) is 5.07. The van der Waals surface area contributed by atoms with E-state index < -0.39 is 0 Å². The van der Waals surface area contributed by atoms with E-state index in [0.29, 0.717) is 23.9 Å². The van der Waals surface area contributed by atoms with E-state index in [9.17, 15) is 0 Å². The highest BCUT2D eigenvalue weighted by molar-refractivity contribution is 7.07. The van der Waals surface area contributed by atoms with E-state index in [-0.39, 0.29) is 0 Å². The lowest BCUT2D eigenvalue weighted by Gasteiger charge is -2.15. The average Bonchev–Trinajstić information content (AvgIpc) is 2.90. The molecule has 0 spiro atoms. The third-order valence-electron chi connectivity index (χ3n) is 2.65. The number of methoxy groups -OCH3 is 1. The second kappa shape index (κ2) is 6.80. The summed E-state index contributed by atoms with van der Waals surface area (Å²) in [5, 5.41) is 7.85. The minimum atomic E-state index is 0.526. The van der Waals surface area contributed by atoms with Crippen LogP contribution in [0.15, 0.2) is 29.0 Å². The quantitative estimate of drug-likeness (QED) is 0.882. The van der Waals surface area contributed by atoms with Crippen LogP contribution in [0.2, 0.25) is 5.02 Å². The van der Waals surface area contributed by atoms with Crippen molar-refractivity contribution >= 4 is 22.9 Å². The van der Waals surface area contributed by atoms with Gasteiger partial charge in [0.05, 0.1) is 7.11 Å². The highest BCUT2D eigenvalue weighted by atomic mass is 35.5. The van der Waals surface area contributed by atoms with Gasteiger partial charge in [-0.3, -0.25) is 0 Å². The number of halogens is 1. The van der Waals surface area contributed by atoms with Gasteiger partial charge in [0, 0.05) is 23.2 Å². The molecule has 0 aliphatic rings. The topological polar surface area (TPSA) is 30.5 Å². The predicted molar refractivity (Wildman–Crippen MR) is 79.4 cm³/mol. The van der Waals surface area contributed by atoms with Crippen LogP contribution in [0.1, 0.15) is 11.1 Å². The van der Waals surface area contributed by atoms with Gasteiger partial charge < -0.3 is 14.8 Å². The fourth-order valence-electron chi connectivity index (χ4n) is 1.79. The van der Waals surface area contributed by atoms with Crippen molar-refractivity contribution in [3.63, 3.8) is 0 Å². The maximum atomic E-state index is 6.07. The van der Waals surface area contributed by atoms with Gasteiger partial charge in [0.1, 0.15) is 6.61 Å². The molecule has 0 radical (unpaired) electrons. The molecular weight excluding hydrogens is 282 g/mol. The van der Waals surface area contributed by atoms with E-state index in [1.165, 1.54) is 0 Å². The molecule has 0 saturated carbocycles. The number of rotatable bonds is 6. The maximum Gasteiger partial charge on any atom is 0.166 e. The Morgan fingerprint density at radius 3 is 2.84 bits per heavy atom. The molecule has 0 amide bonds. The normalized spacial score (nSPS) is 10.5. The number of benzene rings is 1. The lowest BCUT2D eigenvalue weighted by Crippen LogP contribution is -2.08. The van der Waals surface area contributed by atoms with E-state index in [4.69, 9.17) is 21.1 Å². The van der Waals surface area contributed by atoms with Gasteiger partial charge in [-0.2, -0.15) is 11.3 Å². The van der Waals surface area contributed by atoms with Crippen LogP contribution in [0.5, 0.6) is 11.5 Å². The van der Waals surface area contributed by atoms with Crippen molar-refractivity contribution in [2.75, 3.05) is 14.2 Å². The summed E-state index contributed by atoms with van der Waals surface area (Å²) in [6.45, 7) is 1.20. The van der Waals surface area contributed by atoms with Crippen LogP contribution in [0.4, 0.5) is 0 Å². The van der Waals surface area contributed by atoms with Gasteiger partial charge in [-0.15, -0.1) is 0 Å². The van der Waals surface area contributed by atoms with E-state index in [2.05, 4.69) is 10.7 Å². The fraction of sp³-hybridized carbons (Fsp3) is 0.286. The zero-order valence-corrected chi connectivity index (χ0v) is 12.5. The molecule has 0 aliphatic carbocycles. The van der Waals surface area contributed by atoms with Crippen LogP contribution in [0.25, 0.3) is 0 Å². The van der Waals surface area contributed by atoms with E-state index in [1.54, 1.807) is 24.5 Å². The number of ether oxygens (including phenoxy) is 2. The minimum Gasteiger partial charge on any atom is -0.493 e. The second-order valence-electron chi connectivity index (χ2n) is 4.05. The molecule has 0 saturated heterocycles. The maximum absolute atomic E-state index is 6.07. The van der Waals surface area contributed by atoms with Crippen molar-refractivity contribution in [1.29, 1.82) is 0 Å².